The number of carbonyl (C=O) groups excluding carboxylic acids is 1. The van der Waals surface area contributed by atoms with Crippen LogP contribution >= 0.6 is 0 Å². The lowest BCUT2D eigenvalue weighted by Gasteiger charge is -2.19. The number of hydrogen-bond donors (Lipinski definition) is 0. The Hall–Kier alpha value is -1.64. The Morgan fingerprint density at radius 2 is 2.00 bits per heavy atom. The van der Waals surface area contributed by atoms with Gasteiger partial charge in [0.1, 0.15) is 12.0 Å². The summed E-state index contributed by atoms with van der Waals surface area (Å²) in [4.78, 5) is 15.7. The van der Waals surface area contributed by atoms with Gasteiger partial charge in [-0.3, -0.25) is 9.78 Å². The molecule has 0 bridgehead atoms. The third-order valence-corrected chi connectivity index (χ3v) is 3.41. The molecule has 0 unspecified atom stereocenters. The fourth-order valence-corrected chi connectivity index (χ4v) is 2.36. The summed E-state index contributed by atoms with van der Waals surface area (Å²) in [7, 11) is 0. The van der Waals surface area contributed by atoms with Crippen LogP contribution in [0.25, 0.3) is 5.57 Å². The average molecular weight is 303 g/mol. The molecule has 3 heteroatoms. The number of rotatable bonds is 8. The van der Waals surface area contributed by atoms with E-state index < -0.39 is 0 Å². The van der Waals surface area contributed by atoms with Gasteiger partial charge in [-0.1, -0.05) is 34.6 Å². The normalized spacial score (nSPS) is 12.1. The van der Waals surface area contributed by atoms with E-state index in [1.165, 1.54) is 0 Å². The third-order valence-electron chi connectivity index (χ3n) is 3.41. The number of aromatic nitrogens is 1. The van der Waals surface area contributed by atoms with E-state index in [4.69, 9.17) is 9.72 Å². The summed E-state index contributed by atoms with van der Waals surface area (Å²) < 4.78 is 5.99. The first-order valence-corrected chi connectivity index (χ1v) is 8.19. The van der Waals surface area contributed by atoms with Crippen molar-refractivity contribution in [2.24, 2.45) is 5.92 Å². The third kappa shape index (κ3) is 4.97. The van der Waals surface area contributed by atoms with E-state index in [2.05, 4.69) is 40.7 Å². The zero-order valence-corrected chi connectivity index (χ0v) is 14.8. The number of allylic oxidation sites excluding steroid dienone is 2. The van der Waals surface area contributed by atoms with Crippen LogP contribution in [0.2, 0.25) is 0 Å². The maximum absolute atomic E-state index is 10.9. The Morgan fingerprint density at radius 3 is 2.50 bits per heavy atom. The van der Waals surface area contributed by atoms with Gasteiger partial charge < -0.3 is 4.74 Å². The van der Waals surface area contributed by atoms with Crippen LogP contribution in [0.15, 0.2) is 12.1 Å². The van der Waals surface area contributed by atoms with Gasteiger partial charge in [0.05, 0.1) is 12.3 Å². The largest absolute Gasteiger partial charge is 0.491 e. The molecule has 0 saturated carbocycles. The molecule has 0 aromatic carbocycles. The lowest BCUT2D eigenvalue weighted by Crippen LogP contribution is -2.09. The Kier molecular flexibility index (Phi) is 7.30. The molecule has 122 valence electrons. The summed E-state index contributed by atoms with van der Waals surface area (Å²) in [5, 5.41) is 0. The van der Waals surface area contributed by atoms with Gasteiger partial charge in [-0.05, 0) is 49.3 Å². The maximum atomic E-state index is 10.9. The lowest BCUT2D eigenvalue weighted by molar-refractivity contribution is -0.104. The van der Waals surface area contributed by atoms with Crippen molar-refractivity contribution in [1.29, 1.82) is 0 Å². The first kappa shape index (κ1) is 18.4. The molecular formula is C19H29NO2. The van der Waals surface area contributed by atoms with E-state index in [0.717, 1.165) is 47.4 Å². The Balaban J connectivity index is 3.47. The molecule has 0 atom stereocenters. The highest BCUT2D eigenvalue weighted by atomic mass is 16.5. The summed E-state index contributed by atoms with van der Waals surface area (Å²) in [6, 6.07) is 2.08. The molecule has 0 radical (unpaired) electrons. The number of pyridine rings is 1. The molecule has 3 nitrogen and oxygen atoms in total. The first-order chi connectivity index (χ1) is 10.4. The quantitative estimate of drug-likeness (QED) is 0.512. The molecule has 1 rings (SSSR count). The van der Waals surface area contributed by atoms with Crippen LogP contribution in [0.3, 0.4) is 0 Å². The van der Waals surface area contributed by atoms with Crippen molar-refractivity contribution in [2.75, 3.05) is 6.61 Å². The molecule has 1 heterocycles. The zero-order valence-electron chi connectivity index (χ0n) is 14.8. The van der Waals surface area contributed by atoms with Crippen LogP contribution in [0, 0.1) is 5.92 Å². The smallest absolute Gasteiger partial charge is 0.148 e. The maximum Gasteiger partial charge on any atom is 0.148 e. The molecule has 0 aliphatic heterocycles. The van der Waals surface area contributed by atoms with E-state index in [-0.39, 0.29) is 5.92 Å². The highest BCUT2D eigenvalue weighted by molar-refractivity contribution is 5.83. The SMILES string of the molecule is CCCOc1c(/C(C)=C\C=O)cc(CC(C)C)nc1C(C)C. The predicted molar refractivity (Wildman–Crippen MR) is 92.4 cm³/mol. The van der Waals surface area contributed by atoms with Gasteiger partial charge in [-0.25, -0.2) is 0 Å². The Morgan fingerprint density at radius 1 is 1.32 bits per heavy atom. The lowest BCUT2D eigenvalue weighted by atomic mass is 9.97. The first-order valence-electron chi connectivity index (χ1n) is 8.19. The predicted octanol–water partition coefficient (Wildman–Crippen LogP) is 4.79. The van der Waals surface area contributed by atoms with Gasteiger partial charge in [-0.2, -0.15) is 0 Å². The molecule has 1 aromatic rings. The van der Waals surface area contributed by atoms with Gasteiger partial charge in [-0.15, -0.1) is 0 Å². The van der Waals surface area contributed by atoms with Crippen molar-refractivity contribution >= 4 is 11.9 Å². The standard InChI is InChI=1S/C19H29NO2/c1-7-10-22-19-17(15(6)8-9-21)12-16(11-13(2)3)20-18(19)14(4)5/h8-9,12-14H,7,10-11H2,1-6H3/b15-8-. The molecule has 0 aliphatic carbocycles. The minimum absolute atomic E-state index is 0.279. The molecule has 0 N–H and O–H groups in total. The molecule has 0 aliphatic rings. The summed E-state index contributed by atoms with van der Waals surface area (Å²) in [5.41, 5.74) is 3.97. The van der Waals surface area contributed by atoms with Crippen LogP contribution in [0.5, 0.6) is 5.75 Å². The number of carbonyl (C=O) groups is 1. The van der Waals surface area contributed by atoms with Gasteiger partial charge in [0, 0.05) is 11.3 Å². The fourth-order valence-electron chi connectivity index (χ4n) is 2.36. The average Bonchev–Trinajstić information content (AvgIpc) is 2.44. The van der Waals surface area contributed by atoms with Crippen LogP contribution < -0.4 is 4.74 Å². The number of ether oxygens (including phenoxy) is 1. The van der Waals surface area contributed by atoms with E-state index in [1.54, 1.807) is 6.08 Å². The second kappa shape index (κ2) is 8.72. The van der Waals surface area contributed by atoms with Crippen LogP contribution in [0.4, 0.5) is 0 Å². The van der Waals surface area contributed by atoms with Crippen LogP contribution in [-0.4, -0.2) is 17.9 Å². The molecule has 0 spiro atoms. The van der Waals surface area contributed by atoms with Gasteiger partial charge in [0.2, 0.25) is 0 Å². The minimum atomic E-state index is 0.279. The van der Waals surface area contributed by atoms with Gasteiger partial charge in [0.25, 0.3) is 0 Å². The van der Waals surface area contributed by atoms with Crippen molar-refractivity contribution in [2.45, 2.75) is 60.3 Å². The molecule has 0 fully saturated rings. The fraction of sp³-hybridized carbons (Fsp3) is 0.579. The van der Waals surface area contributed by atoms with Crippen LogP contribution in [0.1, 0.15) is 70.8 Å². The molecule has 1 aromatic heterocycles. The van der Waals surface area contributed by atoms with Crippen molar-refractivity contribution in [1.82, 2.24) is 4.98 Å². The molecule has 0 saturated heterocycles. The monoisotopic (exact) mass is 303 g/mol. The van der Waals surface area contributed by atoms with Crippen molar-refractivity contribution in [3.05, 3.63) is 29.1 Å². The van der Waals surface area contributed by atoms with Crippen molar-refractivity contribution in [3.63, 3.8) is 0 Å². The van der Waals surface area contributed by atoms with E-state index in [1.807, 2.05) is 6.92 Å². The van der Waals surface area contributed by atoms with Crippen molar-refractivity contribution < 1.29 is 9.53 Å². The second-order valence-electron chi connectivity index (χ2n) is 6.46. The van der Waals surface area contributed by atoms with Crippen molar-refractivity contribution in [3.8, 4) is 5.75 Å². The number of aldehydes is 1. The van der Waals surface area contributed by atoms with Gasteiger partial charge in [0.15, 0.2) is 0 Å². The number of nitrogens with zero attached hydrogens (tertiary/aromatic N) is 1. The molecule has 0 amide bonds. The summed E-state index contributed by atoms with van der Waals surface area (Å²) in [6.45, 7) is 13.3. The summed E-state index contributed by atoms with van der Waals surface area (Å²) in [5.74, 6) is 1.65. The zero-order chi connectivity index (χ0) is 16.7. The topological polar surface area (TPSA) is 39.2 Å². The highest BCUT2D eigenvalue weighted by Gasteiger charge is 2.18. The second-order valence-corrected chi connectivity index (χ2v) is 6.46. The number of hydrogen-bond acceptors (Lipinski definition) is 3. The Labute approximate surface area is 134 Å². The Bertz CT molecular complexity index is 530. The summed E-state index contributed by atoms with van der Waals surface area (Å²) in [6.07, 6.45) is 4.30. The molecule has 22 heavy (non-hydrogen) atoms. The molecular weight excluding hydrogens is 274 g/mol. The van der Waals surface area contributed by atoms with Crippen LogP contribution in [-0.2, 0) is 11.2 Å². The van der Waals surface area contributed by atoms with E-state index in [0.29, 0.717) is 12.5 Å². The minimum Gasteiger partial charge on any atom is -0.491 e. The summed E-state index contributed by atoms with van der Waals surface area (Å²) >= 11 is 0. The van der Waals surface area contributed by atoms with Gasteiger partial charge >= 0.3 is 0 Å². The van der Waals surface area contributed by atoms with E-state index >= 15 is 0 Å². The highest BCUT2D eigenvalue weighted by Crippen LogP contribution is 2.34. The van der Waals surface area contributed by atoms with E-state index in [9.17, 15) is 4.79 Å².